The van der Waals surface area contributed by atoms with Crippen molar-refractivity contribution in [3.63, 3.8) is 0 Å². The van der Waals surface area contributed by atoms with Crippen LogP contribution in [0, 0.1) is 11.3 Å². The van der Waals surface area contributed by atoms with E-state index in [-0.39, 0.29) is 17.8 Å². The van der Waals surface area contributed by atoms with Crippen molar-refractivity contribution in [2.45, 2.75) is 67.0 Å². The quantitative estimate of drug-likeness (QED) is 0.790. The lowest BCUT2D eigenvalue weighted by molar-refractivity contribution is -0.160. The maximum Gasteiger partial charge on any atom is 0.329 e. The summed E-state index contributed by atoms with van der Waals surface area (Å²) >= 11 is 0. The molecule has 0 aliphatic carbocycles. The van der Waals surface area contributed by atoms with Crippen molar-refractivity contribution in [2.24, 2.45) is 11.3 Å². The lowest BCUT2D eigenvalue weighted by Gasteiger charge is -2.28. The summed E-state index contributed by atoms with van der Waals surface area (Å²) in [7, 11) is 0. The van der Waals surface area contributed by atoms with Crippen LogP contribution in [0.25, 0.3) is 0 Å². The number of amides is 1. The fourth-order valence-electron chi connectivity index (χ4n) is 1.22. The molecular weight excluding hydrogens is 230 g/mol. The highest BCUT2D eigenvalue weighted by atomic mass is 16.6. The normalized spacial score (nSPS) is 14.3. The fraction of sp³-hybridized carbons (Fsp3) is 0.857. The zero-order valence-electron chi connectivity index (χ0n) is 12.9. The highest BCUT2D eigenvalue weighted by Gasteiger charge is 2.32. The van der Waals surface area contributed by atoms with Gasteiger partial charge in [0.05, 0.1) is 0 Å². The third-order valence-corrected chi connectivity index (χ3v) is 2.30. The number of carbonyl (C=O) groups excluding carboxylic acids is 2. The Morgan fingerprint density at radius 2 is 1.44 bits per heavy atom. The van der Waals surface area contributed by atoms with Crippen LogP contribution in [0.5, 0.6) is 0 Å². The van der Waals surface area contributed by atoms with E-state index in [2.05, 4.69) is 5.32 Å². The summed E-state index contributed by atoms with van der Waals surface area (Å²) in [6, 6.07) is -0.601. The third kappa shape index (κ3) is 6.03. The standard InChI is InChI=1S/C14H27NO3/c1-9(2)10(11(16)18-14(6,7)8)15-12(17)13(3,4)5/h9-10H,1-8H3,(H,15,17)/t10-/m0/s1. The summed E-state index contributed by atoms with van der Waals surface area (Å²) in [6.07, 6.45) is 0. The van der Waals surface area contributed by atoms with Gasteiger partial charge in [-0.3, -0.25) is 4.79 Å². The Morgan fingerprint density at radius 3 is 1.72 bits per heavy atom. The van der Waals surface area contributed by atoms with Crippen LogP contribution in [-0.4, -0.2) is 23.5 Å². The average Bonchev–Trinajstić information content (AvgIpc) is 2.07. The molecule has 1 amide bonds. The summed E-state index contributed by atoms with van der Waals surface area (Å²) in [5.74, 6) is -0.534. The van der Waals surface area contributed by atoms with E-state index >= 15 is 0 Å². The van der Waals surface area contributed by atoms with E-state index in [0.717, 1.165) is 0 Å². The van der Waals surface area contributed by atoms with Crippen LogP contribution in [0.15, 0.2) is 0 Å². The molecule has 0 unspecified atom stereocenters. The molecule has 0 aromatic heterocycles. The van der Waals surface area contributed by atoms with Crippen LogP contribution in [0.4, 0.5) is 0 Å². The molecule has 4 nitrogen and oxygen atoms in total. The second-order valence-electron chi connectivity index (χ2n) is 6.98. The van der Waals surface area contributed by atoms with Crippen molar-refractivity contribution >= 4 is 11.9 Å². The van der Waals surface area contributed by atoms with Crippen LogP contribution in [-0.2, 0) is 14.3 Å². The molecule has 0 fully saturated rings. The van der Waals surface area contributed by atoms with E-state index < -0.39 is 17.1 Å². The number of nitrogens with one attached hydrogen (secondary N) is 1. The van der Waals surface area contributed by atoms with Gasteiger partial charge < -0.3 is 10.1 Å². The van der Waals surface area contributed by atoms with Crippen LogP contribution < -0.4 is 5.32 Å². The van der Waals surface area contributed by atoms with E-state index in [9.17, 15) is 9.59 Å². The van der Waals surface area contributed by atoms with Gasteiger partial charge in [0.15, 0.2) is 0 Å². The van der Waals surface area contributed by atoms with Gasteiger partial charge in [-0.15, -0.1) is 0 Å². The fourth-order valence-corrected chi connectivity index (χ4v) is 1.22. The first-order chi connectivity index (χ1) is 7.84. The Morgan fingerprint density at radius 1 is 1.00 bits per heavy atom. The van der Waals surface area contributed by atoms with E-state index in [0.29, 0.717) is 0 Å². The third-order valence-electron chi connectivity index (χ3n) is 2.30. The molecule has 1 atom stereocenters. The van der Waals surface area contributed by atoms with Crippen molar-refractivity contribution in [1.29, 1.82) is 0 Å². The van der Waals surface area contributed by atoms with Gasteiger partial charge in [0.1, 0.15) is 11.6 Å². The first kappa shape index (κ1) is 16.9. The molecule has 0 aromatic carbocycles. The van der Waals surface area contributed by atoms with E-state index in [1.807, 2.05) is 55.4 Å². The molecule has 0 bridgehead atoms. The summed E-state index contributed by atoms with van der Waals surface area (Å²) in [5.41, 5.74) is -1.06. The number of rotatable bonds is 3. The lowest BCUT2D eigenvalue weighted by Crippen LogP contribution is -2.50. The van der Waals surface area contributed by atoms with Crippen LogP contribution in [0.3, 0.4) is 0 Å². The molecule has 18 heavy (non-hydrogen) atoms. The highest BCUT2D eigenvalue weighted by Crippen LogP contribution is 2.16. The minimum absolute atomic E-state index is 0.00819. The summed E-state index contributed by atoms with van der Waals surface area (Å²) < 4.78 is 5.32. The van der Waals surface area contributed by atoms with Gasteiger partial charge >= 0.3 is 5.97 Å². The minimum Gasteiger partial charge on any atom is -0.458 e. The molecule has 0 spiro atoms. The molecule has 106 valence electrons. The van der Waals surface area contributed by atoms with Crippen LogP contribution in [0.2, 0.25) is 0 Å². The molecule has 0 aliphatic heterocycles. The van der Waals surface area contributed by atoms with Gasteiger partial charge in [-0.2, -0.15) is 0 Å². The van der Waals surface area contributed by atoms with Gasteiger partial charge in [-0.25, -0.2) is 4.79 Å². The largest absolute Gasteiger partial charge is 0.458 e. The predicted molar refractivity (Wildman–Crippen MR) is 72.1 cm³/mol. The summed E-state index contributed by atoms with van der Waals surface area (Å²) in [6.45, 7) is 14.7. The Bertz CT molecular complexity index is 308. The second kappa shape index (κ2) is 5.72. The van der Waals surface area contributed by atoms with E-state index in [1.54, 1.807) is 0 Å². The number of esters is 1. The zero-order valence-corrected chi connectivity index (χ0v) is 12.9. The van der Waals surface area contributed by atoms with Crippen LogP contribution >= 0.6 is 0 Å². The molecular formula is C14H27NO3. The predicted octanol–water partition coefficient (Wildman–Crippen LogP) is 2.52. The first-order valence-corrected chi connectivity index (χ1v) is 6.38. The SMILES string of the molecule is CC(C)[C@H](NC(=O)C(C)(C)C)C(=O)OC(C)(C)C. The molecule has 0 heterocycles. The van der Waals surface area contributed by atoms with Crippen LogP contribution in [0.1, 0.15) is 55.4 Å². The van der Waals surface area contributed by atoms with Crippen molar-refractivity contribution in [3.8, 4) is 0 Å². The summed E-state index contributed by atoms with van der Waals surface area (Å²) in [4.78, 5) is 24.0. The Balaban J connectivity index is 4.79. The van der Waals surface area contributed by atoms with Gasteiger partial charge in [-0.05, 0) is 26.7 Å². The Labute approximate surface area is 110 Å². The molecule has 4 heteroatoms. The van der Waals surface area contributed by atoms with E-state index in [4.69, 9.17) is 4.74 Å². The number of carbonyl (C=O) groups is 2. The van der Waals surface area contributed by atoms with E-state index in [1.165, 1.54) is 0 Å². The van der Waals surface area contributed by atoms with Crippen molar-refractivity contribution in [1.82, 2.24) is 5.32 Å². The Hall–Kier alpha value is -1.06. The minimum atomic E-state index is -0.601. The van der Waals surface area contributed by atoms with Gasteiger partial charge in [0.25, 0.3) is 0 Å². The number of hydrogen-bond donors (Lipinski definition) is 1. The molecule has 0 aromatic rings. The molecule has 0 aliphatic rings. The number of ether oxygens (including phenoxy) is 1. The highest BCUT2D eigenvalue weighted by molar-refractivity contribution is 5.87. The molecule has 1 N–H and O–H groups in total. The monoisotopic (exact) mass is 257 g/mol. The van der Waals surface area contributed by atoms with Gasteiger partial charge in [-0.1, -0.05) is 34.6 Å². The zero-order chi connectivity index (χ0) is 14.7. The van der Waals surface area contributed by atoms with Crippen molar-refractivity contribution < 1.29 is 14.3 Å². The van der Waals surface area contributed by atoms with Gasteiger partial charge in [0.2, 0.25) is 5.91 Å². The van der Waals surface area contributed by atoms with Crippen molar-refractivity contribution in [3.05, 3.63) is 0 Å². The van der Waals surface area contributed by atoms with Gasteiger partial charge in [0, 0.05) is 5.41 Å². The first-order valence-electron chi connectivity index (χ1n) is 6.38. The smallest absolute Gasteiger partial charge is 0.329 e. The molecule has 0 saturated heterocycles. The average molecular weight is 257 g/mol. The second-order valence-corrected chi connectivity index (χ2v) is 6.98. The maximum atomic E-state index is 12.0. The topological polar surface area (TPSA) is 55.4 Å². The molecule has 0 rings (SSSR count). The molecule has 0 radical (unpaired) electrons. The number of hydrogen-bond acceptors (Lipinski definition) is 3. The lowest BCUT2D eigenvalue weighted by atomic mass is 9.94. The molecule has 0 saturated carbocycles. The Kier molecular flexibility index (Phi) is 5.38. The maximum absolute atomic E-state index is 12.0. The van der Waals surface area contributed by atoms with Crippen molar-refractivity contribution in [2.75, 3.05) is 0 Å². The summed E-state index contributed by atoms with van der Waals surface area (Å²) in [5, 5.41) is 2.77.